The van der Waals surface area contributed by atoms with Crippen molar-refractivity contribution in [3.05, 3.63) is 34.9 Å². The van der Waals surface area contributed by atoms with Crippen molar-refractivity contribution in [2.45, 2.75) is 46.1 Å². The molecule has 3 amide bonds. The summed E-state index contributed by atoms with van der Waals surface area (Å²) < 4.78 is 0. The van der Waals surface area contributed by atoms with Crippen molar-refractivity contribution < 1.29 is 19.5 Å². The minimum atomic E-state index is -0.989. The van der Waals surface area contributed by atoms with E-state index in [-0.39, 0.29) is 43.1 Å². The second-order valence-corrected chi connectivity index (χ2v) is 7.00. The fraction of sp³-hybridized carbons (Fsp3) is 0.526. The number of benzene rings is 1. The van der Waals surface area contributed by atoms with Gasteiger partial charge in [-0.3, -0.25) is 19.3 Å². The number of hydrogen-bond donors (Lipinski definition) is 2. The van der Waals surface area contributed by atoms with Gasteiger partial charge in [0.1, 0.15) is 0 Å². The number of nitrogens with zero attached hydrogens (tertiary/aromatic N) is 1. The van der Waals surface area contributed by atoms with Crippen LogP contribution in [0.15, 0.2) is 18.2 Å². The van der Waals surface area contributed by atoms with E-state index in [9.17, 15) is 19.5 Å². The standard InChI is InChI=1S/C19H26N2O4/c1-5-13(3)19(4,25)11-20-16(22)8-9-21-17(23)14-7-6-12(2)10-15(14)18(21)24/h6-7,10,13,25H,5,8-9,11H2,1-4H3,(H,20,22)/t13-,19+/m0/s1. The number of amides is 3. The Balaban J connectivity index is 1.91. The minimum absolute atomic E-state index is 0.0149. The van der Waals surface area contributed by atoms with E-state index in [1.54, 1.807) is 25.1 Å². The molecule has 136 valence electrons. The molecule has 0 aromatic heterocycles. The maximum Gasteiger partial charge on any atom is 0.261 e. The smallest absolute Gasteiger partial charge is 0.261 e. The van der Waals surface area contributed by atoms with Crippen molar-refractivity contribution >= 4 is 17.7 Å². The molecule has 2 rings (SSSR count). The van der Waals surface area contributed by atoms with Crippen LogP contribution in [0.25, 0.3) is 0 Å². The lowest BCUT2D eigenvalue weighted by Crippen LogP contribution is -2.45. The Kier molecular flexibility index (Phi) is 5.62. The molecule has 0 spiro atoms. The molecule has 0 bridgehead atoms. The molecule has 25 heavy (non-hydrogen) atoms. The number of imide groups is 1. The molecule has 1 aromatic rings. The van der Waals surface area contributed by atoms with Gasteiger partial charge < -0.3 is 10.4 Å². The molecular formula is C19H26N2O4. The number of aliphatic hydroxyl groups is 1. The Morgan fingerprint density at radius 2 is 1.92 bits per heavy atom. The van der Waals surface area contributed by atoms with E-state index in [1.165, 1.54) is 0 Å². The number of rotatable bonds is 7. The highest BCUT2D eigenvalue weighted by atomic mass is 16.3. The van der Waals surface area contributed by atoms with Crippen LogP contribution < -0.4 is 5.32 Å². The molecule has 0 radical (unpaired) electrons. The zero-order valence-electron chi connectivity index (χ0n) is 15.3. The molecule has 0 fully saturated rings. The van der Waals surface area contributed by atoms with Crippen LogP contribution in [0, 0.1) is 12.8 Å². The number of fused-ring (bicyclic) bond motifs is 1. The molecule has 2 atom stereocenters. The Morgan fingerprint density at radius 1 is 1.28 bits per heavy atom. The molecule has 0 saturated heterocycles. The van der Waals surface area contributed by atoms with Gasteiger partial charge in [0.05, 0.1) is 16.7 Å². The fourth-order valence-electron chi connectivity index (χ4n) is 2.80. The van der Waals surface area contributed by atoms with Gasteiger partial charge in [0.15, 0.2) is 0 Å². The van der Waals surface area contributed by atoms with Crippen LogP contribution >= 0.6 is 0 Å². The van der Waals surface area contributed by atoms with Gasteiger partial charge in [-0.25, -0.2) is 0 Å². The van der Waals surface area contributed by atoms with E-state index in [0.717, 1.165) is 16.9 Å². The van der Waals surface area contributed by atoms with Gasteiger partial charge in [-0.15, -0.1) is 0 Å². The summed E-state index contributed by atoms with van der Waals surface area (Å²) in [6, 6.07) is 5.13. The highest BCUT2D eigenvalue weighted by Crippen LogP contribution is 2.24. The van der Waals surface area contributed by atoms with Crippen LogP contribution in [0.3, 0.4) is 0 Å². The number of carbonyl (C=O) groups excluding carboxylic acids is 3. The van der Waals surface area contributed by atoms with Crippen molar-refractivity contribution in [2.75, 3.05) is 13.1 Å². The van der Waals surface area contributed by atoms with Gasteiger partial charge in [0.2, 0.25) is 5.91 Å². The number of carbonyl (C=O) groups is 3. The van der Waals surface area contributed by atoms with E-state index >= 15 is 0 Å². The Bertz CT molecular complexity index is 697. The molecule has 0 aliphatic carbocycles. The highest BCUT2D eigenvalue weighted by Gasteiger charge is 2.35. The second-order valence-electron chi connectivity index (χ2n) is 7.00. The largest absolute Gasteiger partial charge is 0.388 e. The van der Waals surface area contributed by atoms with E-state index < -0.39 is 5.60 Å². The summed E-state index contributed by atoms with van der Waals surface area (Å²) in [6.07, 6.45) is 0.818. The molecule has 0 unspecified atom stereocenters. The van der Waals surface area contributed by atoms with Gasteiger partial charge in [0, 0.05) is 19.5 Å². The topological polar surface area (TPSA) is 86.7 Å². The van der Waals surface area contributed by atoms with Crippen molar-refractivity contribution in [1.82, 2.24) is 10.2 Å². The highest BCUT2D eigenvalue weighted by molar-refractivity contribution is 6.21. The summed E-state index contributed by atoms with van der Waals surface area (Å²) in [7, 11) is 0. The Labute approximate surface area is 148 Å². The summed E-state index contributed by atoms with van der Waals surface area (Å²) in [5.74, 6) is -0.967. The predicted octanol–water partition coefficient (Wildman–Crippen LogP) is 1.89. The lowest BCUT2D eigenvalue weighted by molar-refractivity contribution is -0.122. The summed E-state index contributed by atoms with van der Waals surface area (Å²) in [5, 5.41) is 13.0. The molecule has 1 aliphatic heterocycles. The first-order chi connectivity index (χ1) is 11.7. The quantitative estimate of drug-likeness (QED) is 0.738. The van der Waals surface area contributed by atoms with Gasteiger partial charge in [0.25, 0.3) is 11.8 Å². The Morgan fingerprint density at radius 3 is 2.56 bits per heavy atom. The first-order valence-electron chi connectivity index (χ1n) is 8.63. The molecule has 1 aromatic carbocycles. The van der Waals surface area contributed by atoms with Gasteiger partial charge in [-0.1, -0.05) is 31.9 Å². The van der Waals surface area contributed by atoms with Crippen LogP contribution in [-0.2, 0) is 4.79 Å². The van der Waals surface area contributed by atoms with Gasteiger partial charge in [-0.2, -0.15) is 0 Å². The van der Waals surface area contributed by atoms with E-state index in [2.05, 4.69) is 5.32 Å². The minimum Gasteiger partial charge on any atom is -0.388 e. The molecule has 1 heterocycles. The van der Waals surface area contributed by atoms with Crippen LogP contribution in [0.1, 0.15) is 59.9 Å². The number of aryl methyl sites for hydroxylation is 1. The summed E-state index contributed by atoms with van der Waals surface area (Å²) in [5.41, 5.74) is 0.699. The number of hydrogen-bond acceptors (Lipinski definition) is 4. The molecule has 6 nitrogen and oxygen atoms in total. The maximum absolute atomic E-state index is 12.4. The third kappa shape index (κ3) is 4.07. The normalized spacial score (nSPS) is 17.2. The zero-order valence-corrected chi connectivity index (χ0v) is 15.3. The lowest BCUT2D eigenvalue weighted by Gasteiger charge is -2.29. The fourth-order valence-corrected chi connectivity index (χ4v) is 2.80. The van der Waals surface area contributed by atoms with E-state index in [0.29, 0.717) is 11.1 Å². The third-order valence-electron chi connectivity index (χ3n) is 5.01. The predicted molar refractivity (Wildman–Crippen MR) is 94.3 cm³/mol. The molecule has 6 heteroatoms. The monoisotopic (exact) mass is 346 g/mol. The average molecular weight is 346 g/mol. The van der Waals surface area contributed by atoms with E-state index in [1.807, 2.05) is 20.8 Å². The van der Waals surface area contributed by atoms with Crippen LogP contribution in [0.4, 0.5) is 0 Å². The lowest BCUT2D eigenvalue weighted by atomic mass is 9.88. The third-order valence-corrected chi connectivity index (χ3v) is 5.01. The summed E-state index contributed by atoms with van der Waals surface area (Å²) >= 11 is 0. The summed E-state index contributed by atoms with van der Waals surface area (Å²) in [4.78, 5) is 37.8. The molecule has 1 aliphatic rings. The SMILES string of the molecule is CC[C@H](C)[C@](C)(O)CNC(=O)CCN1C(=O)c2ccc(C)cc2C1=O. The average Bonchev–Trinajstić information content (AvgIpc) is 2.80. The van der Waals surface area contributed by atoms with Crippen LogP contribution in [-0.4, -0.2) is 46.4 Å². The number of nitrogens with one attached hydrogen (secondary N) is 1. The van der Waals surface area contributed by atoms with Gasteiger partial charge >= 0.3 is 0 Å². The van der Waals surface area contributed by atoms with E-state index in [4.69, 9.17) is 0 Å². The first-order valence-corrected chi connectivity index (χ1v) is 8.63. The molecule has 2 N–H and O–H groups in total. The van der Waals surface area contributed by atoms with Crippen molar-refractivity contribution in [2.24, 2.45) is 5.92 Å². The Hall–Kier alpha value is -2.21. The van der Waals surface area contributed by atoms with Crippen LogP contribution in [0.5, 0.6) is 0 Å². The van der Waals surface area contributed by atoms with Crippen molar-refractivity contribution in [3.63, 3.8) is 0 Å². The first kappa shape index (κ1) is 19.1. The zero-order chi connectivity index (χ0) is 18.8. The molecular weight excluding hydrogens is 320 g/mol. The van der Waals surface area contributed by atoms with Crippen molar-refractivity contribution in [1.29, 1.82) is 0 Å². The van der Waals surface area contributed by atoms with Crippen LogP contribution in [0.2, 0.25) is 0 Å². The van der Waals surface area contributed by atoms with Crippen molar-refractivity contribution in [3.8, 4) is 0 Å². The maximum atomic E-state index is 12.4. The second kappa shape index (κ2) is 7.35. The summed E-state index contributed by atoms with van der Waals surface area (Å²) in [6.45, 7) is 7.62. The van der Waals surface area contributed by atoms with Gasteiger partial charge in [-0.05, 0) is 31.9 Å². The molecule has 0 saturated carbocycles.